The summed E-state index contributed by atoms with van der Waals surface area (Å²) >= 11 is 0. The lowest BCUT2D eigenvalue weighted by Crippen LogP contribution is -2.41. The van der Waals surface area contributed by atoms with Crippen molar-refractivity contribution < 1.29 is 14.4 Å². The molecule has 0 saturated carbocycles. The molecule has 0 spiro atoms. The van der Waals surface area contributed by atoms with Crippen LogP contribution in [0.2, 0.25) is 0 Å². The Balaban J connectivity index is 1.58. The van der Waals surface area contributed by atoms with Gasteiger partial charge in [0.1, 0.15) is 0 Å². The quantitative estimate of drug-likeness (QED) is 0.743. The number of fused-ring (bicyclic) bond motifs is 2. The molecule has 1 atom stereocenters. The molecule has 1 unspecified atom stereocenters. The fourth-order valence-corrected chi connectivity index (χ4v) is 4.16. The zero-order valence-electron chi connectivity index (χ0n) is 16.0. The van der Waals surface area contributed by atoms with E-state index in [0.29, 0.717) is 41.9 Å². The van der Waals surface area contributed by atoms with Crippen molar-refractivity contribution in [2.75, 3.05) is 25.0 Å². The topological polar surface area (TPSA) is 90.3 Å². The van der Waals surface area contributed by atoms with Gasteiger partial charge in [-0.1, -0.05) is 36.4 Å². The Morgan fingerprint density at radius 3 is 2.55 bits per heavy atom. The van der Waals surface area contributed by atoms with Crippen molar-refractivity contribution in [2.24, 2.45) is 5.92 Å². The highest BCUT2D eigenvalue weighted by Crippen LogP contribution is 2.32. The maximum Gasteiger partial charge on any atom is 0.228 e. The third-order valence-corrected chi connectivity index (χ3v) is 5.63. The number of amides is 1. The highest BCUT2D eigenvalue weighted by Gasteiger charge is 2.33. The fourth-order valence-electron chi connectivity index (χ4n) is 4.16. The number of nitrogens with one attached hydrogen (secondary N) is 1. The first-order valence-corrected chi connectivity index (χ1v) is 9.81. The molecule has 2 aromatic carbocycles. The van der Waals surface area contributed by atoms with Gasteiger partial charge in [-0.25, -0.2) is 0 Å². The smallest absolute Gasteiger partial charge is 0.228 e. The molecule has 2 aromatic rings. The van der Waals surface area contributed by atoms with E-state index in [2.05, 4.69) is 16.3 Å². The Hall–Kier alpha value is -3.30. The summed E-state index contributed by atoms with van der Waals surface area (Å²) < 4.78 is 0. The summed E-state index contributed by atoms with van der Waals surface area (Å²) in [7, 11) is 0. The summed E-state index contributed by atoms with van der Waals surface area (Å²) in [5.41, 5.74) is 1.74. The van der Waals surface area contributed by atoms with Gasteiger partial charge in [0.25, 0.3) is 0 Å². The molecule has 29 heavy (non-hydrogen) atoms. The van der Waals surface area contributed by atoms with Gasteiger partial charge in [0.05, 0.1) is 23.2 Å². The van der Waals surface area contributed by atoms with Crippen molar-refractivity contribution in [1.29, 1.82) is 5.26 Å². The Labute approximate surface area is 169 Å². The van der Waals surface area contributed by atoms with Gasteiger partial charge in [0.2, 0.25) is 5.91 Å². The van der Waals surface area contributed by atoms with E-state index in [1.807, 2.05) is 0 Å². The zero-order valence-corrected chi connectivity index (χ0v) is 16.0. The van der Waals surface area contributed by atoms with Crippen LogP contribution in [0.25, 0.3) is 0 Å². The zero-order chi connectivity index (χ0) is 20.4. The van der Waals surface area contributed by atoms with Crippen molar-refractivity contribution in [3.8, 4) is 6.07 Å². The number of piperidine rings is 1. The third-order valence-electron chi connectivity index (χ3n) is 5.63. The lowest BCUT2D eigenvalue weighted by atomic mass is 9.83. The number of hydrogen-bond donors (Lipinski definition) is 1. The SMILES string of the molecule is N#CCCN1CCCC(C(=O)Nc2cccc3c2C(=O)c2ccccc2C3=O)C1. The molecule has 1 amide bonds. The van der Waals surface area contributed by atoms with Crippen LogP contribution in [0.5, 0.6) is 0 Å². The number of carbonyl (C=O) groups is 3. The summed E-state index contributed by atoms with van der Waals surface area (Å²) in [6.45, 7) is 2.14. The largest absolute Gasteiger partial charge is 0.325 e. The van der Waals surface area contributed by atoms with Crippen LogP contribution in [0.4, 0.5) is 5.69 Å². The Morgan fingerprint density at radius 2 is 1.79 bits per heavy atom. The summed E-state index contributed by atoms with van der Waals surface area (Å²) in [4.78, 5) is 40.9. The molecule has 4 rings (SSSR count). The van der Waals surface area contributed by atoms with Crippen molar-refractivity contribution in [1.82, 2.24) is 4.90 Å². The molecular weight excluding hydrogens is 366 g/mol. The predicted molar refractivity (Wildman–Crippen MR) is 108 cm³/mol. The van der Waals surface area contributed by atoms with Crippen molar-refractivity contribution in [3.05, 3.63) is 64.7 Å². The second-order valence-electron chi connectivity index (χ2n) is 7.47. The van der Waals surface area contributed by atoms with E-state index in [1.165, 1.54) is 0 Å². The van der Waals surface area contributed by atoms with E-state index < -0.39 is 0 Å². The standard InChI is InChI=1S/C23H21N3O3/c24-11-5-13-26-12-4-6-15(14-26)23(29)25-19-10-3-9-18-20(19)22(28)17-8-2-1-7-16(17)21(18)27/h1-3,7-10,15H,4-6,12-14H2,(H,25,29). The van der Waals surface area contributed by atoms with E-state index in [0.717, 1.165) is 19.4 Å². The number of rotatable bonds is 4. The van der Waals surface area contributed by atoms with Crippen LogP contribution in [0.3, 0.4) is 0 Å². The van der Waals surface area contributed by atoms with E-state index in [1.54, 1.807) is 42.5 Å². The molecule has 0 aromatic heterocycles. The van der Waals surface area contributed by atoms with E-state index in [9.17, 15) is 14.4 Å². The summed E-state index contributed by atoms with van der Waals surface area (Å²) in [6, 6.07) is 13.9. The van der Waals surface area contributed by atoms with Crippen molar-refractivity contribution in [3.63, 3.8) is 0 Å². The molecule has 1 aliphatic carbocycles. The molecule has 2 aliphatic rings. The molecule has 1 aliphatic heterocycles. The fraction of sp³-hybridized carbons (Fsp3) is 0.304. The second kappa shape index (κ2) is 7.98. The second-order valence-corrected chi connectivity index (χ2v) is 7.47. The average Bonchev–Trinajstić information content (AvgIpc) is 2.76. The molecule has 1 saturated heterocycles. The molecule has 1 N–H and O–H groups in total. The van der Waals surface area contributed by atoms with Gasteiger partial charge >= 0.3 is 0 Å². The maximum atomic E-state index is 13.1. The van der Waals surface area contributed by atoms with Crippen molar-refractivity contribution in [2.45, 2.75) is 19.3 Å². The van der Waals surface area contributed by atoms with Crippen LogP contribution in [-0.4, -0.2) is 42.0 Å². The molecule has 1 fully saturated rings. The van der Waals surface area contributed by atoms with Crippen LogP contribution >= 0.6 is 0 Å². The molecule has 6 heteroatoms. The number of hydrogen-bond acceptors (Lipinski definition) is 5. The van der Waals surface area contributed by atoms with Gasteiger partial charge in [0.15, 0.2) is 11.6 Å². The molecular formula is C23H21N3O3. The highest BCUT2D eigenvalue weighted by molar-refractivity contribution is 6.30. The van der Waals surface area contributed by atoms with Crippen LogP contribution in [-0.2, 0) is 4.79 Å². The summed E-state index contributed by atoms with van der Waals surface area (Å²) in [6.07, 6.45) is 2.09. The number of nitrogens with zero attached hydrogens (tertiary/aromatic N) is 2. The number of benzene rings is 2. The summed E-state index contributed by atoms with van der Waals surface area (Å²) in [5, 5.41) is 11.7. The monoisotopic (exact) mass is 387 g/mol. The molecule has 0 bridgehead atoms. The first-order valence-electron chi connectivity index (χ1n) is 9.81. The number of carbonyl (C=O) groups excluding carboxylic acids is 3. The first-order chi connectivity index (χ1) is 14.1. The van der Waals surface area contributed by atoms with Gasteiger partial charge < -0.3 is 10.2 Å². The lowest BCUT2D eigenvalue weighted by Gasteiger charge is -2.31. The number of ketones is 2. The van der Waals surface area contributed by atoms with Crippen molar-refractivity contribution >= 4 is 23.2 Å². The number of anilines is 1. The highest BCUT2D eigenvalue weighted by atomic mass is 16.2. The van der Waals surface area contributed by atoms with Gasteiger partial charge in [0, 0.05) is 36.2 Å². The third kappa shape index (κ3) is 3.57. The lowest BCUT2D eigenvalue weighted by molar-refractivity contribution is -0.121. The van der Waals surface area contributed by atoms with Gasteiger partial charge in [-0.3, -0.25) is 14.4 Å². The molecule has 1 heterocycles. The molecule has 6 nitrogen and oxygen atoms in total. The van der Waals surface area contributed by atoms with Gasteiger partial charge in [-0.05, 0) is 25.5 Å². The Morgan fingerprint density at radius 1 is 1.07 bits per heavy atom. The maximum absolute atomic E-state index is 13.1. The summed E-state index contributed by atoms with van der Waals surface area (Å²) in [5.74, 6) is -0.809. The van der Waals surface area contributed by atoms with E-state index in [4.69, 9.17) is 5.26 Å². The predicted octanol–water partition coefficient (Wildman–Crippen LogP) is 3.03. The normalized spacial score (nSPS) is 18.5. The number of likely N-dealkylation sites (tertiary alicyclic amines) is 1. The Bertz CT molecular complexity index is 1040. The number of nitriles is 1. The average molecular weight is 387 g/mol. The van der Waals surface area contributed by atoms with Crippen LogP contribution in [0.1, 0.15) is 51.1 Å². The van der Waals surface area contributed by atoms with Crippen LogP contribution in [0, 0.1) is 17.2 Å². The Kier molecular flexibility index (Phi) is 5.24. The minimum absolute atomic E-state index is 0.154. The molecule has 146 valence electrons. The minimum Gasteiger partial charge on any atom is -0.325 e. The minimum atomic E-state index is -0.245. The molecule has 0 radical (unpaired) electrons. The van der Waals surface area contributed by atoms with Gasteiger partial charge in [-0.15, -0.1) is 0 Å². The van der Waals surface area contributed by atoms with E-state index in [-0.39, 0.29) is 29.0 Å². The van der Waals surface area contributed by atoms with Crippen LogP contribution < -0.4 is 5.32 Å². The first kappa shape index (κ1) is 19.0. The van der Waals surface area contributed by atoms with Crippen LogP contribution in [0.15, 0.2) is 42.5 Å². The van der Waals surface area contributed by atoms with E-state index >= 15 is 0 Å². The van der Waals surface area contributed by atoms with Gasteiger partial charge in [-0.2, -0.15) is 5.26 Å².